The Morgan fingerprint density at radius 3 is 2.57 bits per heavy atom. The number of thiazole rings is 1. The number of carbonyl (C=O) groups excluding carboxylic acids is 2. The summed E-state index contributed by atoms with van der Waals surface area (Å²) in [5, 5.41) is 31.1. The van der Waals surface area contributed by atoms with E-state index >= 15 is 0 Å². The van der Waals surface area contributed by atoms with E-state index in [1.54, 1.807) is 43.3 Å². The summed E-state index contributed by atoms with van der Waals surface area (Å²) in [4.78, 5) is 64.2. The van der Waals surface area contributed by atoms with Gasteiger partial charge < -0.3 is 15.3 Å². The van der Waals surface area contributed by atoms with Crippen LogP contribution in [0, 0.1) is 5.92 Å². The summed E-state index contributed by atoms with van der Waals surface area (Å²) in [6.07, 6.45) is 6.74. The number of carboxylic acid groups (broad SMARTS) is 1. The third kappa shape index (κ3) is 8.72. The van der Waals surface area contributed by atoms with Crippen molar-refractivity contribution in [3.63, 3.8) is 0 Å². The van der Waals surface area contributed by atoms with Crippen LogP contribution in [0.25, 0.3) is 17.8 Å². The molecule has 0 spiro atoms. The lowest BCUT2D eigenvalue weighted by Gasteiger charge is -2.33. The minimum Gasteiger partial charge on any atom is -0.480 e. The fourth-order valence-electron chi connectivity index (χ4n) is 5.55. The Morgan fingerprint density at radius 1 is 1.18 bits per heavy atom. The Kier molecular flexibility index (Phi) is 10.8. The maximum atomic E-state index is 13.8. The fraction of sp³-hybridized carbons (Fsp3) is 0.469. The second-order valence-electron chi connectivity index (χ2n) is 13.3. The molecule has 2 amide bonds. The third-order valence-corrected chi connectivity index (χ3v) is 9.16. The van der Waals surface area contributed by atoms with Gasteiger partial charge in [0.15, 0.2) is 11.0 Å². The summed E-state index contributed by atoms with van der Waals surface area (Å²) >= 11 is 1.35. The predicted octanol–water partition coefficient (Wildman–Crippen LogP) is 2.51. The summed E-state index contributed by atoms with van der Waals surface area (Å²) in [5.74, 6) is -0.483. The number of aromatic nitrogens is 7. The quantitative estimate of drug-likeness (QED) is 0.169. The van der Waals surface area contributed by atoms with Gasteiger partial charge in [0.2, 0.25) is 5.91 Å². The molecule has 1 atom stereocenters. The zero-order chi connectivity index (χ0) is 35.3. The van der Waals surface area contributed by atoms with Crippen molar-refractivity contribution >= 4 is 57.9 Å². The Morgan fingerprint density at radius 2 is 1.94 bits per heavy atom. The standard InChI is InChI=1S/C32H41N11O5S/c1-32(2,3)23-18-49-31(34-23)36-28(45)20-11-15-43-25(17-20)35-27(21(29(43)46)6-7-24-37-39-40-38-24)42-13-9-19(10-14-42)16-26(44)33-12-8-22(30(47)48)41(4)5/h6-7,11,15,17-19,22H,8-10,12-14,16H2,1-5H3,(H,33,44)(H,47,48)(H,34,36,45)(H,37,38,39,40). The van der Waals surface area contributed by atoms with Gasteiger partial charge in [-0.2, -0.15) is 0 Å². The zero-order valence-corrected chi connectivity index (χ0v) is 29.0. The van der Waals surface area contributed by atoms with Gasteiger partial charge in [0, 0.05) is 48.6 Å². The molecule has 5 rings (SSSR count). The predicted molar refractivity (Wildman–Crippen MR) is 186 cm³/mol. The molecule has 17 heteroatoms. The number of piperidine rings is 1. The number of aromatic amines is 1. The van der Waals surface area contributed by atoms with E-state index in [-0.39, 0.29) is 35.3 Å². The van der Waals surface area contributed by atoms with E-state index in [9.17, 15) is 24.3 Å². The first-order chi connectivity index (χ1) is 23.3. The first kappa shape index (κ1) is 35.3. The second-order valence-corrected chi connectivity index (χ2v) is 14.1. The van der Waals surface area contributed by atoms with Gasteiger partial charge in [0.1, 0.15) is 17.5 Å². The maximum Gasteiger partial charge on any atom is 0.320 e. The maximum absolute atomic E-state index is 13.8. The normalized spacial score (nSPS) is 14.9. The molecule has 0 aliphatic carbocycles. The van der Waals surface area contributed by atoms with E-state index in [0.29, 0.717) is 72.3 Å². The number of aliphatic carboxylic acids is 1. The second kappa shape index (κ2) is 15.0. The van der Waals surface area contributed by atoms with Gasteiger partial charge in [-0.15, -0.1) is 16.4 Å². The summed E-state index contributed by atoms with van der Waals surface area (Å²) < 4.78 is 1.39. The number of hydrogen-bond acceptors (Lipinski definition) is 12. The Bertz CT molecular complexity index is 1890. The van der Waals surface area contributed by atoms with Crippen molar-refractivity contribution in [2.24, 2.45) is 5.92 Å². The lowest BCUT2D eigenvalue weighted by atomic mass is 9.93. The Balaban J connectivity index is 1.33. The third-order valence-electron chi connectivity index (χ3n) is 8.41. The fourth-order valence-corrected chi connectivity index (χ4v) is 6.48. The number of amides is 2. The number of tetrazole rings is 1. The first-order valence-electron chi connectivity index (χ1n) is 16.0. The number of H-pyrrole nitrogens is 1. The molecule has 0 bridgehead atoms. The van der Waals surface area contributed by atoms with Gasteiger partial charge in [-0.25, -0.2) is 15.1 Å². The lowest BCUT2D eigenvalue weighted by molar-refractivity contribution is -0.142. The minimum absolute atomic E-state index is 0.112. The molecule has 0 saturated carbocycles. The largest absolute Gasteiger partial charge is 0.480 e. The smallest absolute Gasteiger partial charge is 0.320 e. The Labute approximate surface area is 286 Å². The van der Waals surface area contributed by atoms with Crippen molar-refractivity contribution in [2.45, 2.75) is 57.9 Å². The van der Waals surface area contributed by atoms with Gasteiger partial charge in [-0.1, -0.05) is 20.8 Å². The molecule has 1 fully saturated rings. The molecular formula is C32H41N11O5S. The van der Waals surface area contributed by atoms with Crippen LogP contribution in [-0.4, -0.2) is 103 Å². The zero-order valence-electron chi connectivity index (χ0n) is 28.1. The average Bonchev–Trinajstić information content (AvgIpc) is 3.75. The topological polar surface area (TPSA) is 204 Å². The van der Waals surface area contributed by atoms with E-state index in [1.165, 1.54) is 21.9 Å². The molecule has 1 aliphatic heterocycles. The van der Waals surface area contributed by atoms with Crippen LogP contribution in [0.5, 0.6) is 0 Å². The number of nitrogens with zero attached hydrogens (tertiary/aromatic N) is 8. The first-order valence-corrected chi connectivity index (χ1v) is 16.8. The van der Waals surface area contributed by atoms with Crippen molar-refractivity contribution in [1.29, 1.82) is 0 Å². The van der Waals surface area contributed by atoms with Gasteiger partial charge in [0.05, 0.1) is 11.3 Å². The molecule has 1 saturated heterocycles. The number of fused-ring (bicyclic) bond motifs is 1. The van der Waals surface area contributed by atoms with E-state index in [2.05, 4.69) is 57.0 Å². The number of carboxylic acids is 1. The number of carbonyl (C=O) groups is 3. The summed E-state index contributed by atoms with van der Waals surface area (Å²) in [6.45, 7) is 7.53. The number of likely N-dealkylation sites (N-methyl/N-ethyl adjacent to an activating group) is 1. The molecule has 0 radical (unpaired) electrons. The number of rotatable bonds is 12. The van der Waals surface area contributed by atoms with Gasteiger partial charge in [0.25, 0.3) is 11.5 Å². The SMILES string of the molecule is CN(C)C(CCNC(=O)CC1CCN(c2nc3cc(C(=O)Nc4nc(C(C)(C)C)cs4)ccn3c(=O)c2C=Cc2nnn[nH]2)CC1)C(=O)O. The molecule has 0 aromatic carbocycles. The average molecular weight is 692 g/mol. The van der Waals surface area contributed by atoms with Crippen LogP contribution in [0.3, 0.4) is 0 Å². The Hall–Kier alpha value is -5.03. The summed E-state index contributed by atoms with van der Waals surface area (Å²) in [5.41, 5.74) is 1.35. The molecule has 4 aromatic rings. The van der Waals surface area contributed by atoms with Gasteiger partial charge >= 0.3 is 5.97 Å². The summed E-state index contributed by atoms with van der Waals surface area (Å²) in [6, 6.07) is 2.47. The monoisotopic (exact) mass is 691 g/mol. The number of pyridine rings is 1. The molecule has 5 heterocycles. The molecule has 1 unspecified atom stereocenters. The van der Waals surface area contributed by atoms with Crippen LogP contribution in [0.1, 0.15) is 73.9 Å². The molecule has 260 valence electrons. The van der Waals surface area contributed by atoms with E-state index in [4.69, 9.17) is 4.98 Å². The van der Waals surface area contributed by atoms with Crippen LogP contribution < -0.4 is 21.1 Å². The highest BCUT2D eigenvalue weighted by Gasteiger charge is 2.26. The molecule has 1 aliphatic rings. The molecule has 49 heavy (non-hydrogen) atoms. The van der Waals surface area contributed by atoms with Crippen molar-refractivity contribution in [3.8, 4) is 0 Å². The van der Waals surface area contributed by atoms with Crippen molar-refractivity contribution in [2.75, 3.05) is 43.9 Å². The van der Waals surface area contributed by atoms with Crippen LogP contribution in [-0.2, 0) is 15.0 Å². The van der Waals surface area contributed by atoms with E-state index in [0.717, 1.165) is 5.69 Å². The van der Waals surface area contributed by atoms with Gasteiger partial charge in [-0.3, -0.25) is 33.8 Å². The summed E-state index contributed by atoms with van der Waals surface area (Å²) in [7, 11) is 3.39. The highest BCUT2D eigenvalue weighted by atomic mass is 32.1. The molecule has 16 nitrogen and oxygen atoms in total. The van der Waals surface area contributed by atoms with Crippen molar-refractivity contribution in [3.05, 3.63) is 56.7 Å². The van der Waals surface area contributed by atoms with Gasteiger partial charge in [-0.05, 0) is 74.0 Å². The van der Waals surface area contributed by atoms with Crippen LogP contribution >= 0.6 is 11.3 Å². The van der Waals surface area contributed by atoms with Crippen LogP contribution in [0.4, 0.5) is 10.9 Å². The molecule has 4 aromatic heterocycles. The van der Waals surface area contributed by atoms with Crippen LogP contribution in [0.15, 0.2) is 28.5 Å². The highest BCUT2D eigenvalue weighted by Crippen LogP contribution is 2.28. The minimum atomic E-state index is -0.926. The van der Waals surface area contributed by atoms with Crippen molar-refractivity contribution in [1.82, 2.24) is 45.2 Å². The van der Waals surface area contributed by atoms with E-state index in [1.807, 2.05) is 10.3 Å². The highest BCUT2D eigenvalue weighted by molar-refractivity contribution is 7.14. The number of anilines is 2. The number of nitrogens with one attached hydrogen (secondary N) is 3. The number of hydrogen-bond donors (Lipinski definition) is 4. The molecular weight excluding hydrogens is 650 g/mol. The van der Waals surface area contributed by atoms with Crippen molar-refractivity contribution < 1.29 is 19.5 Å². The molecule has 4 N–H and O–H groups in total. The van der Waals surface area contributed by atoms with E-state index < -0.39 is 12.0 Å². The van der Waals surface area contributed by atoms with Crippen LogP contribution in [0.2, 0.25) is 0 Å². The lowest BCUT2D eigenvalue weighted by Crippen LogP contribution is -2.40.